The molecule has 0 saturated carbocycles. The van der Waals surface area contributed by atoms with Crippen molar-refractivity contribution in [2.45, 2.75) is 38.8 Å². The van der Waals surface area contributed by atoms with Gasteiger partial charge in [-0.15, -0.1) is 0 Å². The van der Waals surface area contributed by atoms with Gasteiger partial charge in [0.15, 0.2) is 0 Å². The van der Waals surface area contributed by atoms with E-state index in [1.54, 1.807) is 46.0 Å². The van der Waals surface area contributed by atoms with Crippen molar-refractivity contribution in [1.82, 2.24) is 9.80 Å². The van der Waals surface area contributed by atoms with Gasteiger partial charge in [0.05, 0.1) is 7.11 Å². The summed E-state index contributed by atoms with van der Waals surface area (Å²) < 4.78 is 9.85. The molecule has 0 aromatic carbocycles. The number of ether oxygens (including phenoxy) is 2. The minimum Gasteiger partial charge on any atom is -0.467 e. The van der Waals surface area contributed by atoms with Gasteiger partial charge < -0.3 is 14.4 Å². The molecule has 0 unspecified atom stereocenters. The quantitative estimate of drug-likeness (QED) is 0.562. The Balaban J connectivity index is 3.09. The molecule has 1 fully saturated rings. The maximum Gasteiger partial charge on any atom is 0.418 e. The van der Waals surface area contributed by atoms with Gasteiger partial charge in [-0.2, -0.15) is 0 Å². The van der Waals surface area contributed by atoms with Gasteiger partial charge >= 0.3 is 12.1 Å². The van der Waals surface area contributed by atoms with Crippen LogP contribution in [-0.4, -0.2) is 60.6 Å². The highest BCUT2D eigenvalue weighted by atomic mass is 16.6. The van der Waals surface area contributed by atoms with E-state index in [-0.39, 0.29) is 6.42 Å². The highest BCUT2D eigenvalue weighted by molar-refractivity contribution is 6.08. The van der Waals surface area contributed by atoms with E-state index < -0.39 is 29.6 Å². The molecular formula is C14H22N2O5. The van der Waals surface area contributed by atoms with E-state index in [9.17, 15) is 14.4 Å². The lowest BCUT2D eigenvalue weighted by molar-refractivity contribution is -0.148. The molecule has 0 radical (unpaired) electrons. The molecule has 0 aromatic heterocycles. The number of amides is 2. The molecule has 118 valence electrons. The Bertz CT molecular complexity index is 476. The topological polar surface area (TPSA) is 76.2 Å². The Labute approximate surface area is 124 Å². The van der Waals surface area contributed by atoms with E-state index in [2.05, 4.69) is 4.74 Å². The molecule has 1 aliphatic heterocycles. The smallest absolute Gasteiger partial charge is 0.418 e. The van der Waals surface area contributed by atoms with Crippen molar-refractivity contribution in [3.8, 4) is 0 Å². The Morgan fingerprint density at radius 2 is 1.90 bits per heavy atom. The van der Waals surface area contributed by atoms with Crippen molar-refractivity contribution in [1.29, 1.82) is 0 Å². The zero-order chi connectivity index (χ0) is 16.4. The van der Waals surface area contributed by atoms with E-state index >= 15 is 0 Å². The number of hydrogen-bond donors (Lipinski definition) is 0. The fourth-order valence-electron chi connectivity index (χ4n) is 1.95. The lowest BCUT2D eigenvalue weighted by Gasteiger charge is -2.25. The molecule has 21 heavy (non-hydrogen) atoms. The Hall–Kier alpha value is -2.05. The maximum absolute atomic E-state index is 12.3. The first-order valence-corrected chi connectivity index (χ1v) is 6.58. The number of hydrogen-bond acceptors (Lipinski definition) is 6. The minimum atomic E-state index is -0.983. The van der Waals surface area contributed by atoms with Crippen LogP contribution in [0.15, 0.2) is 11.8 Å². The molecule has 2 amide bonds. The Morgan fingerprint density at radius 3 is 2.33 bits per heavy atom. The molecule has 0 bridgehead atoms. The average Bonchev–Trinajstić information content (AvgIpc) is 2.63. The molecule has 0 spiro atoms. The molecule has 1 heterocycles. The molecule has 1 aliphatic rings. The SMILES string of the molecule is COC(=O)[C@@H]1C/C(=C/N(C)C)C(=O)N1C(=O)OC(C)(C)C. The van der Waals surface area contributed by atoms with Gasteiger partial charge in [0, 0.05) is 32.3 Å². The molecule has 1 saturated heterocycles. The zero-order valence-corrected chi connectivity index (χ0v) is 13.3. The number of likely N-dealkylation sites (tertiary alicyclic amines) is 1. The van der Waals surface area contributed by atoms with Gasteiger partial charge in [-0.25, -0.2) is 14.5 Å². The second-order valence-corrected chi connectivity index (χ2v) is 6.02. The van der Waals surface area contributed by atoms with Crippen LogP contribution in [0.5, 0.6) is 0 Å². The largest absolute Gasteiger partial charge is 0.467 e. The van der Waals surface area contributed by atoms with E-state index in [0.29, 0.717) is 5.57 Å². The lowest BCUT2D eigenvalue weighted by Crippen LogP contribution is -2.45. The van der Waals surface area contributed by atoms with Crippen LogP contribution < -0.4 is 0 Å². The fourth-order valence-corrected chi connectivity index (χ4v) is 1.95. The van der Waals surface area contributed by atoms with Crippen LogP contribution in [0.4, 0.5) is 4.79 Å². The van der Waals surface area contributed by atoms with Gasteiger partial charge in [-0.05, 0) is 20.8 Å². The first kappa shape index (κ1) is 17.0. The molecule has 1 atom stereocenters. The standard InChI is InChI=1S/C14H22N2O5/c1-14(2,3)21-13(19)16-10(12(18)20-6)7-9(11(16)17)8-15(4)5/h8,10H,7H2,1-6H3/b9-8-/t10-/m0/s1. The molecule has 0 aromatic rings. The van der Waals surface area contributed by atoms with E-state index in [1.807, 2.05) is 0 Å². The molecule has 0 N–H and O–H groups in total. The van der Waals surface area contributed by atoms with Crippen LogP contribution in [0.2, 0.25) is 0 Å². The highest BCUT2D eigenvalue weighted by Gasteiger charge is 2.46. The third kappa shape index (κ3) is 4.21. The number of carbonyl (C=O) groups excluding carboxylic acids is 3. The molecule has 7 heteroatoms. The van der Waals surface area contributed by atoms with Crippen LogP contribution in [-0.2, 0) is 19.1 Å². The molecule has 1 rings (SSSR count). The van der Waals surface area contributed by atoms with Crippen molar-refractivity contribution in [3.63, 3.8) is 0 Å². The van der Waals surface area contributed by atoms with Crippen LogP contribution >= 0.6 is 0 Å². The second kappa shape index (κ2) is 6.15. The normalized spacial score (nSPS) is 20.7. The summed E-state index contributed by atoms with van der Waals surface area (Å²) in [4.78, 5) is 38.8. The first-order chi connectivity index (χ1) is 9.56. The number of esters is 1. The number of methoxy groups -OCH3 is 1. The number of imide groups is 1. The van der Waals surface area contributed by atoms with Crippen LogP contribution in [0.1, 0.15) is 27.2 Å². The predicted molar refractivity (Wildman–Crippen MR) is 75.3 cm³/mol. The van der Waals surface area contributed by atoms with Gasteiger partial charge in [0.25, 0.3) is 5.91 Å². The van der Waals surface area contributed by atoms with Gasteiger partial charge in [-0.3, -0.25) is 4.79 Å². The Morgan fingerprint density at radius 1 is 1.33 bits per heavy atom. The molecule has 7 nitrogen and oxygen atoms in total. The fraction of sp³-hybridized carbons (Fsp3) is 0.643. The molecular weight excluding hydrogens is 276 g/mol. The summed E-state index contributed by atoms with van der Waals surface area (Å²) in [5.74, 6) is -1.18. The summed E-state index contributed by atoms with van der Waals surface area (Å²) in [5, 5.41) is 0. The minimum absolute atomic E-state index is 0.114. The summed E-state index contributed by atoms with van der Waals surface area (Å²) in [7, 11) is 4.72. The summed E-state index contributed by atoms with van der Waals surface area (Å²) in [6.07, 6.45) is 0.857. The summed E-state index contributed by atoms with van der Waals surface area (Å²) >= 11 is 0. The lowest BCUT2D eigenvalue weighted by atomic mass is 10.1. The van der Waals surface area contributed by atoms with E-state index in [1.165, 1.54) is 7.11 Å². The molecule has 0 aliphatic carbocycles. The maximum atomic E-state index is 12.3. The van der Waals surface area contributed by atoms with Gasteiger partial charge in [0.1, 0.15) is 11.6 Å². The van der Waals surface area contributed by atoms with E-state index in [4.69, 9.17) is 4.74 Å². The first-order valence-electron chi connectivity index (χ1n) is 6.58. The summed E-state index contributed by atoms with van der Waals surface area (Å²) in [6, 6.07) is -0.983. The van der Waals surface area contributed by atoms with Gasteiger partial charge in [0.2, 0.25) is 0 Å². The van der Waals surface area contributed by atoms with Gasteiger partial charge in [-0.1, -0.05) is 0 Å². The van der Waals surface area contributed by atoms with Crippen LogP contribution in [0.3, 0.4) is 0 Å². The second-order valence-electron chi connectivity index (χ2n) is 6.02. The van der Waals surface area contributed by atoms with E-state index in [0.717, 1.165) is 4.90 Å². The monoisotopic (exact) mass is 298 g/mol. The average molecular weight is 298 g/mol. The van der Waals surface area contributed by atoms with Crippen molar-refractivity contribution in [3.05, 3.63) is 11.8 Å². The summed E-state index contributed by atoms with van der Waals surface area (Å²) in [6.45, 7) is 5.07. The number of carbonyl (C=O) groups is 3. The number of rotatable bonds is 2. The van der Waals surface area contributed by atoms with Crippen LogP contribution in [0.25, 0.3) is 0 Å². The third-order valence-electron chi connectivity index (χ3n) is 2.70. The van der Waals surface area contributed by atoms with Crippen LogP contribution in [0, 0.1) is 0 Å². The van der Waals surface area contributed by atoms with Crippen molar-refractivity contribution < 1.29 is 23.9 Å². The summed E-state index contributed by atoms with van der Waals surface area (Å²) in [5.41, 5.74) is -0.396. The van der Waals surface area contributed by atoms with Crippen molar-refractivity contribution >= 4 is 18.0 Å². The number of nitrogens with zero attached hydrogens (tertiary/aromatic N) is 2. The third-order valence-corrected chi connectivity index (χ3v) is 2.70. The highest BCUT2D eigenvalue weighted by Crippen LogP contribution is 2.27. The Kier molecular flexibility index (Phi) is 4.98. The predicted octanol–water partition coefficient (Wildman–Crippen LogP) is 1.14. The van der Waals surface area contributed by atoms with Crippen molar-refractivity contribution in [2.24, 2.45) is 0 Å². The zero-order valence-electron chi connectivity index (χ0n) is 13.3. The van der Waals surface area contributed by atoms with Crippen molar-refractivity contribution in [2.75, 3.05) is 21.2 Å².